The van der Waals surface area contributed by atoms with E-state index in [1.54, 1.807) is 0 Å². The lowest BCUT2D eigenvalue weighted by molar-refractivity contribution is -0.153. The molecule has 0 saturated carbocycles. The van der Waals surface area contributed by atoms with Crippen molar-refractivity contribution in [1.29, 1.82) is 0 Å². The van der Waals surface area contributed by atoms with Gasteiger partial charge in [0.05, 0.1) is 0 Å². The highest BCUT2D eigenvalue weighted by atomic mass is 16.6. The number of likely N-dealkylation sites (N-methyl/N-ethyl adjacent to an activating group) is 1. The number of hydrogen-bond acceptors (Lipinski definition) is 3. The van der Waals surface area contributed by atoms with Crippen molar-refractivity contribution in [2.45, 2.75) is 47.1 Å². The predicted octanol–water partition coefficient (Wildman–Crippen LogP) is 3.47. The van der Waals surface area contributed by atoms with Crippen LogP contribution >= 0.6 is 0 Å². The Kier molecular flexibility index (Phi) is 4.98. The number of anilines is 1. The summed E-state index contributed by atoms with van der Waals surface area (Å²) in [5, 5.41) is 0. The molecule has 1 aromatic carbocycles. The summed E-state index contributed by atoms with van der Waals surface area (Å²) in [6.07, 6.45) is 0. The molecule has 0 fully saturated rings. The van der Waals surface area contributed by atoms with E-state index >= 15 is 0 Å². The van der Waals surface area contributed by atoms with Crippen LogP contribution in [0.1, 0.15) is 38.8 Å². The van der Waals surface area contributed by atoms with Crippen molar-refractivity contribution in [3.05, 3.63) is 29.3 Å². The Bertz CT molecular complexity index is 447. The standard InChI is InChI=1S/C16H25NO2/c1-7-17(11-15(18)19-16(4,5)6)14-9-8-12(2)10-13(14)3/h8-10H,7,11H2,1-6H3. The summed E-state index contributed by atoms with van der Waals surface area (Å²) in [5.74, 6) is -0.186. The topological polar surface area (TPSA) is 29.5 Å². The quantitative estimate of drug-likeness (QED) is 0.779. The highest BCUT2D eigenvalue weighted by Gasteiger charge is 2.19. The van der Waals surface area contributed by atoms with Crippen LogP contribution in [0.3, 0.4) is 0 Å². The number of nitrogens with zero attached hydrogens (tertiary/aromatic N) is 1. The van der Waals surface area contributed by atoms with Crippen LogP contribution in [0.2, 0.25) is 0 Å². The van der Waals surface area contributed by atoms with Crippen LogP contribution in [0, 0.1) is 13.8 Å². The van der Waals surface area contributed by atoms with Crippen LogP contribution in [0.25, 0.3) is 0 Å². The Hall–Kier alpha value is -1.51. The molecule has 0 amide bonds. The molecular weight excluding hydrogens is 238 g/mol. The number of benzene rings is 1. The highest BCUT2D eigenvalue weighted by molar-refractivity contribution is 5.76. The molecule has 0 N–H and O–H groups in total. The summed E-state index contributed by atoms with van der Waals surface area (Å²) in [6.45, 7) is 12.9. The molecule has 3 heteroatoms. The molecule has 0 aliphatic rings. The lowest BCUT2D eigenvalue weighted by atomic mass is 10.1. The van der Waals surface area contributed by atoms with Crippen molar-refractivity contribution < 1.29 is 9.53 Å². The van der Waals surface area contributed by atoms with E-state index in [4.69, 9.17) is 4.74 Å². The first-order valence-corrected chi connectivity index (χ1v) is 6.77. The molecule has 0 heterocycles. The second kappa shape index (κ2) is 6.09. The summed E-state index contributed by atoms with van der Waals surface area (Å²) in [5.41, 5.74) is 3.08. The minimum absolute atomic E-state index is 0.186. The highest BCUT2D eigenvalue weighted by Crippen LogP contribution is 2.21. The SMILES string of the molecule is CCN(CC(=O)OC(C)(C)C)c1ccc(C)cc1C. The third-order valence-corrected chi connectivity index (χ3v) is 2.81. The van der Waals surface area contributed by atoms with Gasteiger partial charge in [0.2, 0.25) is 0 Å². The number of hydrogen-bond donors (Lipinski definition) is 0. The molecule has 1 aromatic rings. The van der Waals surface area contributed by atoms with E-state index in [2.05, 4.69) is 32.0 Å². The van der Waals surface area contributed by atoms with E-state index in [0.717, 1.165) is 12.2 Å². The zero-order valence-corrected chi connectivity index (χ0v) is 12.9. The fourth-order valence-electron chi connectivity index (χ4n) is 2.06. The maximum atomic E-state index is 11.9. The zero-order valence-electron chi connectivity index (χ0n) is 12.9. The largest absolute Gasteiger partial charge is 0.459 e. The van der Waals surface area contributed by atoms with Gasteiger partial charge >= 0.3 is 5.97 Å². The summed E-state index contributed by atoms with van der Waals surface area (Å²) in [7, 11) is 0. The van der Waals surface area contributed by atoms with Gasteiger partial charge in [-0.25, -0.2) is 0 Å². The molecule has 0 aliphatic heterocycles. The van der Waals surface area contributed by atoms with Crippen molar-refractivity contribution in [2.24, 2.45) is 0 Å². The molecule has 0 atom stereocenters. The molecule has 0 aromatic heterocycles. The Morgan fingerprint density at radius 2 is 1.89 bits per heavy atom. The molecule has 106 valence electrons. The zero-order chi connectivity index (χ0) is 14.6. The van der Waals surface area contributed by atoms with E-state index in [-0.39, 0.29) is 12.5 Å². The summed E-state index contributed by atoms with van der Waals surface area (Å²) >= 11 is 0. The number of carbonyl (C=O) groups excluding carboxylic acids is 1. The van der Waals surface area contributed by atoms with Gasteiger partial charge in [-0.2, -0.15) is 0 Å². The number of aryl methyl sites for hydroxylation is 2. The average Bonchev–Trinajstić information content (AvgIpc) is 2.24. The second-order valence-corrected chi connectivity index (χ2v) is 5.89. The first-order valence-electron chi connectivity index (χ1n) is 6.77. The van der Waals surface area contributed by atoms with Gasteiger partial charge in [-0.1, -0.05) is 17.7 Å². The number of rotatable bonds is 4. The van der Waals surface area contributed by atoms with Gasteiger partial charge < -0.3 is 9.64 Å². The molecule has 0 unspecified atom stereocenters. The minimum Gasteiger partial charge on any atom is -0.459 e. The van der Waals surface area contributed by atoms with Crippen molar-refractivity contribution in [3.63, 3.8) is 0 Å². The molecule has 1 rings (SSSR count). The smallest absolute Gasteiger partial charge is 0.326 e. The first-order chi connectivity index (χ1) is 8.73. The monoisotopic (exact) mass is 263 g/mol. The minimum atomic E-state index is -0.432. The first kappa shape index (κ1) is 15.5. The third kappa shape index (κ3) is 4.93. The van der Waals surface area contributed by atoms with Gasteiger partial charge in [0.15, 0.2) is 0 Å². The van der Waals surface area contributed by atoms with Crippen LogP contribution in [0.15, 0.2) is 18.2 Å². The maximum Gasteiger partial charge on any atom is 0.326 e. The molecule has 0 radical (unpaired) electrons. The van der Waals surface area contributed by atoms with Crippen LogP contribution in [-0.2, 0) is 9.53 Å². The predicted molar refractivity (Wildman–Crippen MR) is 79.6 cm³/mol. The third-order valence-electron chi connectivity index (χ3n) is 2.81. The summed E-state index contributed by atoms with van der Waals surface area (Å²) < 4.78 is 5.37. The van der Waals surface area contributed by atoms with Gasteiger partial charge in [0.1, 0.15) is 12.1 Å². The van der Waals surface area contributed by atoms with Crippen LogP contribution in [0.4, 0.5) is 5.69 Å². The van der Waals surface area contributed by atoms with E-state index in [1.807, 2.05) is 32.6 Å². The molecular formula is C16H25NO2. The van der Waals surface area contributed by atoms with Crippen molar-refractivity contribution >= 4 is 11.7 Å². The van der Waals surface area contributed by atoms with E-state index in [9.17, 15) is 4.79 Å². The Morgan fingerprint density at radius 1 is 1.26 bits per heavy atom. The fourth-order valence-corrected chi connectivity index (χ4v) is 2.06. The lowest BCUT2D eigenvalue weighted by Crippen LogP contribution is -2.35. The molecule has 19 heavy (non-hydrogen) atoms. The molecule has 0 aliphatic carbocycles. The van der Waals surface area contributed by atoms with Crippen LogP contribution in [0.5, 0.6) is 0 Å². The van der Waals surface area contributed by atoms with Crippen molar-refractivity contribution in [3.8, 4) is 0 Å². The van der Waals surface area contributed by atoms with E-state index in [1.165, 1.54) is 11.1 Å². The molecule has 0 saturated heterocycles. The van der Waals surface area contributed by atoms with Gasteiger partial charge in [0, 0.05) is 12.2 Å². The summed E-state index contributed by atoms with van der Waals surface area (Å²) in [4.78, 5) is 14.0. The van der Waals surface area contributed by atoms with E-state index in [0.29, 0.717) is 0 Å². The summed E-state index contributed by atoms with van der Waals surface area (Å²) in [6, 6.07) is 6.27. The Labute approximate surface area is 116 Å². The van der Waals surface area contributed by atoms with Gasteiger partial charge in [-0.15, -0.1) is 0 Å². The molecule has 0 spiro atoms. The van der Waals surface area contributed by atoms with Crippen molar-refractivity contribution in [2.75, 3.05) is 18.0 Å². The second-order valence-electron chi connectivity index (χ2n) is 5.89. The van der Waals surface area contributed by atoms with Crippen LogP contribution < -0.4 is 4.90 Å². The van der Waals surface area contributed by atoms with Gasteiger partial charge in [-0.3, -0.25) is 4.79 Å². The lowest BCUT2D eigenvalue weighted by Gasteiger charge is -2.26. The van der Waals surface area contributed by atoms with Gasteiger partial charge in [0.25, 0.3) is 0 Å². The van der Waals surface area contributed by atoms with Crippen LogP contribution in [-0.4, -0.2) is 24.7 Å². The number of ether oxygens (including phenoxy) is 1. The van der Waals surface area contributed by atoms with Gasteiger partial charge in [-0.05, 0) is 53.2 Å². The van der Waals surface area contributed by atoms with E-state index < -0.39 is 5.60 Å². The number of esters is 1. The average molecular weight is 263 g/mol. The van der Waals surface area contributed by atoms with Crippen molar-refractivity contribution in [1.82, 2.24) is 0 Å². The Balaban J connectivity index is 2.81. The Morgan fingerprint density at radius 3 is 2.37 bits per heavy atom. The number of carbonyl (C=O) groups is 1. The normalized spacial score (nSPS) is 11.3. The molecule has 3 nitrogen and oxygen atoms in total. The fraction of sp³-hybridized carbons (Fsp3) is 0.562. The molecule has 0 bridgehead atoms. The maximum absolute atomic E-state index is 11.9.